The fourth-order valence-electron chi connectivity index (χ4n) is 3.05. The molecule has 3 heteroatoms. The predicted octanol–water partition coefficient (Wildman–Crippen LogP) is 5.95. The zero-order valence-electron chi connectivity index (χ0n) is 16.1. The molecule has 0 saturated heterocycles. The Kier molecular flexibility index (Phi) is 19.5. The Labute approximate surface area is 150 Å². The quantitative estimate of drug-likeness (QED) is 0.179. The van der Waals surface area contributed by atoms with E-state index in [9.17, 15) is 9.59 Å². The first-order valence-electron chi connectivity index (χ1n) is 10.5. The molecule has 0 unspecified atom stereocenters. The van der Waals surface area contributed by atoms with Crippen molar-refractivity contribution in [3.05, 3.63) is 0 Å². The predicted molar refractivity (Wildman–Crippen MR) is 103 cm³/mol. The lowest BCUT2D eigenvalue weighted by atomic mass is 10.0. The highest BCUT2D eigenvalue weighted by Gasteiger charge is 1.98. The summed E-state index contributed by atoms with van der Waals surface area (Å²) in [5, 5.41) is 2.76. The normalized spacial score (nSPS) is 10.7. The molecule has 0 rings (SSSR count). The highest BCUT2D eigenvalue weighted by atomic mass is 16.2. The smallest absolute Gasteiger partial charge is 0.227 e. The molecule has 0 aromatic carbocycles. The summed E-state index contributed by atoms with van der Waals surface area (Å²) < 4.78 is 0. The van der Waals surface area contributed by atoms with Crippen molar-refractivity contribution in [1.82, 2.24) is 5.32 Å². The summed E-state index contributed by atoms with van der Waals surface area (Å²) in [6.07, 6.45) is 22.4. The highest BCUT2D eigenvalue weighted by Crippen LogP contribution is 2.13. The molecule has 0 aliphatic rings. The van der Waals surface area contributed by atoms with Crippen molar-refractivity contribution in [2.75, 3.05) is 6.54 Å². The Morgan fingerprint density at radius 1 is 0.667 bits per heavy atom. The molecule has 0 aliphatic carbocycles. The summed E-state index contributed by atoms with van der Waals surface area (Å²) in [4.78, 5) is 21.2. The van der Waals surface area contributed by atoms with Crippen molar-refractivity contribution in [2.24, 2.45) is 0 Å². The third-order valence-corrected chi connectivity index (χ3v) is 4.62. The van der Waals surface area contributed by atoms with Crippen LogP contribution in [-0.2, 0) is 9.59 Å². The lowest BCUT2D eigenvalue weighted by Gasteiger charge is -2.04. The van der Waals surface area contributed by atoms with E-state index in [-0.39, 0.29) is 12.3 Å². The van der Waals surface area contributed by atoms with Crippen LogP contribution in [0.25, 0.3) is 0 Å². The average molecular weight is 340 g/mol. The van der Waals surface area contributed by atoms with Crippen molar-refractivity contribution in [3.63, 3.8) is 0 Å². The van der Waals surface area contributed by atoms with Gasteiger partial charge in [-0.2, -0.15) is 0 Å². The summed E-state index contributed by atoms with van der Waals surface area (Å²) >= 11 is 0. The van der Waals surface area contributed by atoms with Crippen LogP contribution in [0.1, 0.15) is 116 Å². The molecule has 0 bridgehead atoms. The Balaban J connectivity index is 3.02. The van der Waals surface area contributed by atoms with Gasteiger partial charge in [-0.05, 0) is 6.42 Å². The van der Waals surface area contributed by atoms with Crippen LogP contribution in [0, 0.1) is 0 Å². The van der Waals surface area contributed by atoms with Crippen LogP contribution in [0.4, 0.5) is 0 Å². The van der Waals surface area contributed by atoms with Crippen molar-refractivity contribution < 1.29 is 9.59 Å². The van der Waals surface area contributed by atoms with E-state index in [1.165, 1.54) is 96.3 Å². The largest absolute Gasteiger partial charge is 0.356 e. The maximum absolute atomic E-state index is 11.1. The Morgan fingerprint density at radius 2 is 1.04 bits per heavy atom. The van der Waals surface area contributed by atoms with Gasteiger partial charge in [0.1, 0.15) is 6.29 Å². The first-order valence-corrected chi connectivity index (χ1v) is 10.5. The van der Waals surface area contributed by atoms with Crippen LogP contribution in [0.5, 0.6) is 0 Å². The number of hydrogen-bond donors (Lipinski definition) is 1. The van der Waals surface area contributed by atoms with Gasteiger partial charge in [0, 0.05) is 6.54 Å². The van der Waals surface area contributed by atoms with Gasteiger partial charge in [0.15, 0.2) is 0 Å². The van der Waals surface area contributed by atoms with Crippen molar-refractivity contribution in [3.8, 4) is 0 Å². The fraction of sp³-hybridized carbons (Fsp3) is 0.905. The number of rotatable bonds is 19. The minimum absolute atomic E-state index is 0.00113. The Morgan fingerprint density at radius 3 is 1.42 bits per heavy atom. The van der Waals surface area contributed by atoms with Gasteiger partial charge in [0.05, 0.1) is 6.42 Å². The molecule has 0 heterocycles. The molecule has 0 radical (unpaired) electrons. The summed E-state index contributed by atoms with van der Waals surface area (Å²) in [6.45, 7) is 2.99. The summed E-state index contributed by atoms with van der Waals surface area (Å²) in [5.74, 6) is -0.147. The first kappa shape index (κ1) is 23.1. The van der Waals surface area contributed by atoms with Gasteiger partial charge in [-0.15, -0.1) is 0 Å². The molecule has 0 spiro atoms. The zero-order valence-corrected chi connectivity index (χ0v) is 16.1. The molecule has 0 aliphatic heterocycles. The molecule has 24 heavy (non-hydrogen) atoms. The van der Waals surface area contributed by atoms with Gasteiger partial charge >= 0.3 is 0 Å². The van der Waals surface area contributed by atoms with Crippen LogP contribution in [0.2, 0.25) is 0 Å². The standard InChI is InChI=1S/C21H41NO2/c1-2-3-4-5-6-7-8-9-10-11-12-13-14-15-16-17-19-22-21(24)18-20-23/h20H,2-19H2,1H3,(H,22,24). The van der Waals surface area contributed by atoms with Crippen molar-refractivity contribution in [1.29, 1.82) is 0 Å². The number of carbonyl (C=O) groups is 2. The maximum atomic E-state index is 11.1. The van der Waals surface area contributed by atoms with Crippen LogP contribution in [0.15, 0.2) is 0 Å². The van der Waals surface area contributed by atoms with Gasteiger partial charge < -0.3 is 10.1 Å². The number of nitrogens with one attached hydrogen (secondary N) is 1. The van der Waals surface area contributed by atoms with Gasteiger partial charge in [-0.1, -0.05) is 103 Å². The van der Waals surface area contributed by atoms with E-state index in [0.29, 0.717) is 12.8 Å². The molecule has 0 aromatic rings. The molecular weight excluding hydrogens is 298 g/mol. The maximum Gasteiger partial charge on any atom is 0.227 e. The Hall–Kier alpha value is -0.860. The third kappa shape index (κ3) is 19.2. The van der Waals surface area contributed by atoms with E-state index in [1.54, 1.807) is 0 Å². The summed E-state index contributed by atoms with van der Waals surface area (Å²) in [6, 6.07) is 0. The second kappa shape index (κ2) is 20.2. The molecule has 0 fully saturated rings. The number of carbonyl (C=O) groups excluding carboxylic acids is 2. The van der Waals surface area contributed by atoms with E-state index in [0.717, 1.165) is 6.42 Å². The van der Waals surface area contributed by atoms with Gasteiger partial charge in [-0.3, -0.25) is 4.79 Å². The van der Waals surface area contributed by atoms with Gasteiger partial charge in [-0.25, -0.2) is 0 Å². The topological polar surface area (TPSA) is 46.2 Å². The molecule has 3 nitrogen and oxygen atoms in total. The van der Waals surface area contributed by atoms with Crippen LogP contribution >= 0.6 is 0 Å². The SMILES string of the molecule is CCCCCCCCCCCCCCCCCCNC(=O)CC=O. The average Bonchev–Trinajstić information content (AvgIpc) is 2.58. The van der Waals surface area contributed by atoms with Crippen LogP contribution < -0.4 is 5.32 Å². The van der Waals surface area contributed by atoms with E-state index < -0.39 is 0 Å². The second-order valence-electron chi connectivity index (χ2n) is 7.02. The van der Waals surface area contributed by atoms with E-state index in [4.69, 9.17) is 0 Å². The van der Waals surface area contributed by atoms with Crippen molar-refractivity contribution >= 4 is 12.2 Å². The lowest BCUT2D eigenvalue weighted by Crippen LogP contribution is -2.24. The number of aldehydes is 1. The monoisotopic (exact) mass is 339 g/mol. The second-order valence-corrected chi connectivity index (χ2v) is 7.02. The first-order chi connectivity index (χ1) is 11.8. The molecular formula is C21H41NO2. The summed E-state index contributed by atoms with van der Waals surface area (Å²) in [5.41, 5.74) is 0. The number of amides is 1. The highest BCUT2D eigenvalue weighted by molar-refractivity contribution is 5.87. The molecule has 1 amide bonds. The minimum atomic E-state index is -0.147. The van der Waals surface area contributed by atoms with E-state index in [1.807, 2.05) is 0 Å². The molecule has 142 valence electrons. The van der Waals surface area contributed by atoms with E-state index >= 15 is 0 Å². The third-order valence-electron chi connectivity index (χ3n) is 4.62. The Bertz CT molecular complexity index is 279. The zero-order chi connectivity index (χ0) is 17.7. The number of unbranched alkanes of at least 4 members (excludes halogenated alkanes) is 15. The van der Waals surface area contributed by atoms with Gasteiger partial charge in [0.2, 0.25) is 5.91 Å². The minimum Gasteiger partial charge on any atom is -0.356 e. The van der Waals surface area contributed by atoms with E-state index in [2.05, 4.69) is 12.2 Å². The fourth-order valence-corrected chi connectivity index (χ4v) is 3.05. The van der Waals surface area contributed by atoms with Crippen LogP contribution in [-0.4, -0.2) is 18.7 Å². The molecule has 0 saturated carbocycles. The summed E-state index contributed by atoms with van der Waals surface area (Å²) in [7, 11) is 0. The van der Waals surface area contributed by atoms with Crippen molar-refractivity contribution in [2.45, 2.75) is 116 Å². The van der Waals surface area contributed by atoms with Gasteiger partial charge in [0.25, 0.3) is 0 Å². The molecule has 0 aromatic heterocycles. The molecule has 0 atom stereocenters. The number of hydrogen-bond acceptors (Lipinski definition) is 2. The molecule has 1 N–H and O–H groups in total. The lowest BCUT2D eigenvalue weighted by molar-refractivity contribution is -0.123. The van der Waals surface area contributed by atoms with Crippen LogP contribution in [0.3, 0.4) is 0 Å².